The van der Waals surface area contributed by atoms with Crippen LogP contribution in [-0.4, -0.2) is 31.6 Å². The number of rotatable bonds is 5. The second kappa shape index (κ2) is 8.37. The molecule has 1 aromatic carbocycles. The second-order valence-corrected chi connectivity index (χ2v) is 6.25. The molecule has 9 heteroatoms. The molecule has 2 aromatic heterocycles. The lowest BCUT2D eigenvalue weighted by molar-refractivity contribution is -0.122. The van der Waals surface area contributed by atoms with E-state index in [-0.39, 0.29) is 12.3 Å². The Morgan fingerprint density at radius 3 is 2.81 bits per heavy atom. The molecule has 0 radical (unpaired) electrons. The van der Waals surface area contributed by atoms with Gasteiger partial charge in [-0.2, -0.15) is 5.10 Å². The number of amides is 2. The van der Waals surface area contributed by atoms with Crippen molar-refractivity contribution in [3.63, 3.8) is 0 Å². The minimum Gasteiger partial charge on any atom is -0.300 e. The fourth-order valence-electron chi connectivity index (χ4n) is 2.50. The number of hydrogen-bond acceptors (Lipinski definition) is 5. The molecule has 27 heavy (non-hydrogen) atoms. The van der Waals surface area contributed by atoms with Gasteiger partial charge >= 0.3 is 0 Å². The first kappa shape index (κ1) is 18.5. The molecular formula is C18H18N6O2S. The predicted molar refractivity (Wildman–Crippen MR) is 102 cm³/mol. The van der Waals surface area contributed by atoms with Crippen LogP contribution in [0.15, 0.2) is 48.8 Å². The number of nitrogens with one attached hydrogen (secondary N) is 3. The van der Waals surface area contributed by atoms with Gasteiger partial charge in [0, 0.05) is 30.9 Å². The lowest BCUT2D eigenvalue weighted by atomic mass is 10.1. The summed E-state index contributed by atoms with van der Waals surface area (Å²) in [6.07, 6.45) is 3.11. The molecule has 0 aliphatic rings. The molecule has 2 amide bonds. The molecule has 0 unspecified atom stereocenters. The van der Waals surface area contributed by atoms with Crippen molar-refractivity contribution in [1.29, 1.82) is 0 Å². The van der Waals surface area contributed by atoms with Gasteiger partial charge in [0.05, 0.1) is 5.56 Å². The minimum absolute atomic E-state index is 0.125. The molecule has 3 rings (SSSR count). The molecular weight excluding hydrogens is 364 g/mol. The molecule has 0 atom stereocenters. The summed E-state index contributed by atoms with van der Waals surface area (Å²) in [5, 5.41) is 7.01. The van der Waals surface area contributed by atoms with E-state index in [1.54, 1.807) is 22.9 Å². The lowest BCUT2D eigenvalue weighted by Gasteiger charge is -2.09. The van der Waals surface area contributed by atoms with Crippen LogP contribution in [0.5, 0.6) is 0 Å². The maximum Gasteiger partial charge on any atom is 0.271 e. The Bertz CT molecular complexity index is 1010. The number of aromatic amines is 1. The average Bonchev–Trinajstić information content (AvgIpc) is 3.05. The number of aromatic nitrogens is 4. The molecule has 0 saturated carbocycles. The number of hydrogen-bond donors (Lipinski definition) is 3. The highest BCUT2D eigenvalue weighted by atomic mass is 32.1. The van der Waals surface area contributed by atoms with Crippen LogP contribution >= 0.6 is 12.2 Å². The summed E-state index contributed by atoms with van der Waals surface area (Å²) in [5.74, 6) is -0.113. The Balaban J connectivity index is 1.60. The van der Waals surface area contributed by atoms with E-state index in [4.69, 9.17) is 12.2 Å². The summed E-state index contributed by atoms with van der Waals surface area (Å²) in [7, 11) is 0. The highest BCUT2D eigenvalue weighted by Crippen LogP contribution is 2.18. The van der Waals surface area contributed by atoms with Gasteiger partial charge in [0.25, 0.3) is 5.91 Å². The first-order chi connectivity index (χ1) is 13.0. The number of carbonyl (C=O) groups excluding carboxylic acids is 2. The highest BCUT2D eigenvalue weighted by Gasteiger charge is 2.12. The quantitative estimate of drug-likeness (QED) is 0.463. The van der Waals surface area contributed by atoms with Crippen molar-refractivity contribution in [2.45, 2.75) is 19.9 Å². The fraction of sp³-hybridized carbons (Fsp3) is 0.167. The van der Waals surface area contributed by atoms with Gasteiger partial charge in [-0.15, -0.1) is 0 Å². The van der Waals surface area contributed by atoms with E-state index in [2.05, 4.69) is 26.0 Å². The Labute approximate surface area is 160 Å². The Kier molecular flexibility index (Phi) is 5.72. The zero-order chi connectivity index (χ0) is 19.2. The van der Waals surface area contributed by atoms with E-state index in [1.165, 1.54) is 6.20 Å². The monoisotopic (exact) mass is 382 g/mol. The van der Waals surface area contributed by atoms with Gasteiger partial charge in [-0.1, -0.05) is 23.8 Å². The molecule has 0 aliphatic heterocycles. The van der Waals surface area contributed by atoms with Gasteiger partial charge in [-0.25, -0.2) is 0 Å². The number of benzene rings is 1. The third-order valence-corrected chi connectivity index (χ3v) is 4.15. The first-order valence-electron chi connectivity index (χ1n) is 8.26. The van der Waals surface area contributed by atoms with Crippen LogP contribution in [-0.2, 0) is 11.3 Å². The maximum absolute atomic E-state index is 12.1. The molecule has 2 heterocycles. The summed E-state index contributed by atoms with van der Waals surface area (Å²) in [6, 6.07) is 11.1. The van der Waals surface area contributed by atoms with Gasteiger partial charge in [0.1, 0.15) is 0 Å². The van der Waals surface area contributed by atoms with Crippen molar-refractivity contribution in [3.05, 3.63) is 64.7 Å². The zero-order valence-electron chi connectivity index (χ0n) is 14.6. The van der Waals surface area contributed by atoms with Gasteiger partial charge < -0.3 is 0 Å². The van der Waals surface area contributed by atoms with Crippen molar-refractivity contribution in [2.75, 3.05) is 0 Å². The summed E-state index contributed by atoms with van der Waals surface area (Å²) in [4.78, 5) is 27.8. The largest absolute Gasteiger partial charge is 0.300 e. The predicted octanol–water partition coefficient (Wildman–Crippen LogP) is 2.16. The van der Waals surface area contributed by atoms with Crippen LogP contribution in [0.4, 0.5) is 0 Å². The topological polar surface area (TPSA) is 105 Å². The number of nitrogens with zero attached hydrogens (tertiary/aromatic N) is 3. The molecule has 0 saturated heterocycles. The maximum atomic E-state index is 12.1. The van der Waals surface area contributed by atoms with E-state index >= 15 is 0 Å². The molecule has 0 bridgehead atoms. The normalized spacial score (nSPS) is 10.4. The summed E-state index contributed by atoms with van der Waals surface area (Å²) in [5.41, 5.74) is 7.12. The number of H-pyrrole nitrogens is 1. The number of hydrazine groups is 1. The third-order valence-electron chi connectivity index (χ3n) is 3.84. The number of pyridine rings is 1. The molecule has 0 aliphatic carbocycles. The molecule has 3 aromatic rings. The van der Waals surface area contributed by atoms with Crippen LogP contribution < -0.4 is 10.9 Å². The Morgan fingerprint density at radius 1 is 1.22 bits per heavy atom. The van der Waals surface area contributed by atoms with Gasteiger partial charge in [0.15, 0.2) is 10.6 Å². The molecule has 0 spiro atoms. The molecule has 0 fully saturated rings. The second-order valence-electron chi connectivity index (χ2n) is 5.87. The van der Waals surface area contributed by atoms with Crippen molar-refractivity contribution in [3.8, 4) is 11.4 Å². The average molecular weight is 382 g/mol. The van der Waals surface area contributed by atoms with Crippen LogP contribution in [0.25, 0.3) is 11.4 Å². The van der Waals surface area contributed by atoms with E-state index < -0.39 is 5.91 Å². The third kappa shape index (κ3) is 4.64. The van der Waals surface area contributed by atoms with Crippen molar-refractivity contribution in [2.24, 2.45) is 0 Å². The van der Waals surface area contributed by atoms with E-state index in [1.807, 2.05) is 31.2 Å². The Hall–Kier alpha value is -3.33. The summed E-state index contributed by atoms with van der Waals surface area (Å²) < 4.78 is 2.19. The van der Waals surface area contributed by atoms with Crippen LogP contribution in [0, 0.1) is 11.7 Å². The van der Waals surface area contributed by atoms with Crippen molar-refractivity contribution < 1.29 is 9.59 Å². The minimum atomic E-state index is -0.433. The van der Waals surface area contributed by atoms with Gasteiger partial charge in [-0.05, 0) is 37.3 Å². The number of carbonyl (C=O) groups is 2. The van der Waals surface area contributed by atoms with Crippen LogP contribution in [0.1, 0.15) is 22.3 Å². The van der Waals surface area contributed by atoms with E-state index in [9.17, 15) is 9.59 Å². The lowest BCUT2D eigenvalue weighted by Crippen LogP contribution is -2.41. The molecule has 8 nitrogen and oxygen atoms in total. The van der Waals surface area contributed by atoms with E-state index in [0.717, 1.165) is 11.1 Å². The highest BCUT2D eigenvalue weighted by molar-refractivity contribution is 7.71. The van der Waals surface area contributed by atoms with Gasteiger partial charge in [-0.3, -0.25) is 35.1 Å². The Morgan fingerprint density at radius 2 is 2.07 bits per heavy atom. The van der Waals surface area contributed by atoms with Crippen molar-refractivity contribution in [1.82, 2.24) is 30.6 Å². The zero-order valence-corrected chi connectivity index (χ0v) is 15.4. The standard InChI is InChI=1S/C18H18N6O2S/c1-12-4-2-5-13(10-12)16-21-23-18(27)24(16)9-7-15(25)20-22-17(26)14-6-3-8-19-11-14/h2-6,8,10-11H,7,9H2,1H3,(H,20,25)(H,22,26)(H,23,27). The summed E-state index contributed by atoms with van der Waals surface area (Å²) in [6.45, 7) is 2.32. The number of aryl methyl sites for hydroxylation is 1. The fourth-order valence-corrected chi connectivity index (χ4v) is 2.72. The van der Waals surface area contributed by atoms with Gasteiger partial charge in [0.2, 0.25) is 5.91 Å². The van der Waals surface area contributed by atoms with Crippen LogP contribution in [0.3, 0.4) is 0 Å². The summed E-state index contributed by atoms with van der Waals surface area (Å²) >= 11 is 5.26. The SMILES string of the molecule is Cc1cccc(-c2n[nH]c(=S)n2CCC(=O)NNC(=O)c2cccnc2)c1. The molecule has 3 N–H and O–H groups in total. The smallest absolute Gasteiger partial charge is 0.271 e. The molecule has 138 valence electrons. The van der Waals surface area contributed by atoms with E-state index in [0.29, 0.717) is 22.7 Å². The first-order valence-corrected chi connectivity index (χ1v) is 8.67. The van der Waals surface area contributed by atoms with Crippen LogP contribution in [0.2, 0.25) is 0 Å². The van der Waals surface area contributed by atoms with Crippen molar-refractivity contribution >= 4 is 24.0 Å².